The van der Waals surface area contributed by atoms with Crippen molar-refractivity contribution in [3.8, 4) is 0 Å². The molecule has 0 spiro atoms. The minimum absolute atomic E-state index is 0.0259. The van der Waals surface area contributed by atoms with E-state index in [1.165, 1.54) is 12.1 Å². The molecule has 0 unspecified atom stereocenters. The number of nitrogen functional groups attached to an aromatic ring is 1. The maximum Gasteiger partial charge on any atom is 0.431 e. The zero-order valence-electron chi connectivity index (χ0n) is 7.84. The second-order valence-electron chi connectivity index (χ2n) is 3.18. The zero-order valence-corrected chi connectivity index (χ0v) is 7.84. The molecule has 0 aliphatic rings. The molecule has 0 bridgehead atoms. The quantitative estimate of drug-likeness (QED) is 0.732. The number of halogens is 3. The van der Waals surface area contributed by atoms with Gasteiger partial charge < -0.3 is 5.73 Å². The van der Waals surface area contributed by atoms with Crippen molar-refractivity contribution in [1.82, 2.24) is 9.38 Å². The van der Waals surface area contributed by atoms with Crippen molar-refractivity contribution >= 4 is 11.5 Å². The summed E-state index contributed by atoms with van der Waals surface area (Å²) in [7, 11) is 0. The molecule has 0 amide bonds. The van der Waals surface area contributed by atoms with E-state index < -0.39 is 11.9 Å². The normalized spacial score (nSPS) is 12.3. The highest BCUT2D eigenvalue weighted by molar-refractivity contribution is 5.54. The lowest BCUT2D eigenvalue weighted by Crippen LogP contribution is -2.12. The van der Waals surface area contributed by atoms with Crippen LogP contribution in [0.25, 0.3) is 5.65 Å². The molecule has 0 radical (unpaired) electrons. The molecule has 2 heterocycles. The van der Waals surface area contributed by atoms with E-state index in [4.69, 9.17) is 5.73 Å². The summed E-state index contributed by atoms with van der Waals surface area (Å²) in [5.74, 6) is 0.0259. The van der Waals surface area contributed by atoms with Crippen LogP contribution < -0.4 is 5.73 Å². The number of aromatic nitrogens is 2. The third-order valence-electron chi connectivity index (χ3n) is 2.15. The Labute approximate surface area is 83.3 Å². The van der Waals surface area contributed by atoms with Crippen LogP contribution in [-0.4, -0.2) is 9.38 Å². The summed E-state index contributed by atoms with van der Waals surface area (Å²) < 4.78 is 38.7. The maximum absolute atomic E-state index is 12.6. The molecule has 0 fully saturated rings. The topological polar surface area (TPSA) is 43.3 Å². The number of nitrogens with zero attached hydrogens (tertiary/aromatic N) is 2. The van der Waals surface area contributed by atoms with Crippen LogP contribution >= 0.6 is 0 Å². The number of rotatable bonds is 0. The molecule has 2 aromatic rings. The zero-order chi connectivity index (χ0) is 11.2. The number of alkyl halides is 3. The van der Waals surface area contributed by atoms with Gasteiger partial charge in [0, 0.05) is 0 Å². The van der Waals surface area contributed by atoms with Crippen molar-refractivity contribution in [1.29, 1.82) is 0 Å². The van der Waals surface area contributed by atoms with Gasteiger partial charge in [-0.05, 0) is 19.1 Å². The molecule has 15 heavy (non-hydrogen) atoms. The van der Waals surface area contributed by atoms with Gasteiger partial charge in [0.15, 0.2) is 0 Å². The molecule has 0 atom stereocenters. The molecule has 0 saturated heterocycles. The first-order valence-electron chi connectivity index (χ1n) is 4.22. The van der Waals surface area contributed by atoms with Gasteiger partial charge in [0.1, 0.15) is 17.2 Å². The second-order valence-corrected chi connectivity index (χ2v) is 3.18. The van der Waals surface area contributed by atoms with Crippen LogP contribution in [0.5, 0.6) is 0 Å². The highest BCUT2D eigenvalue weighted by Gasteiger charge is 2.34. The summed E-state index contributed by atoms with van der Waals surface area (Å²) in [4.78, 5) is 3.92. The monoisotopic (exact) mass is 215 g/mol. The number of hydrogen-bond acceptors (Lipinski definition) is 2. The van der Waals surface area contributed by atoms with Crippen LogP contribution in [0.15, 0.2) is 18.2 Å². The smallest absolute Gasteiger partial charge is 0.383 e. The summed E-state index contributed by atoms with van der Waals surface area (Å²) in [5.41, 5.74) is 5.33. The number of aryl methyl sites for hydroxylation is 1. The maximum atomic E-state index is 12.6. The Morgan fingerprint density at radius 1 is 1.33 bits per heavy atom. The molecule has 0 aliphatic carbocycles. The molecule has 3 nitrogen and oxygen atoms in total. The third kappa shape index (κ3) is 1.42. The summed E-state index contributed by atoms with van der Waals surface area (Å²) in [6.07, 6.45) is -4.43. The van der Waals surface area contributed by atoms with E-state index in [9.17, 15) is 13.2 Å². The predicted octanol–water partition coefficient (Wildman–Crippen LogP) is 2.24. The second kappa shape index (κ2) is 2.88. The third-order valence-corrected chi connectivity index (χ3v) is 2.15. The number of nitrogens with two attached hydrogens (primary N) is 1. The molecule has 0 aliphatic heterocycles. The van der Waals surface area contributed by atoms with Crippen molar-refractivity contribution in [2.75, 3.05) is 5.73 Å². The summed E-state index contributed by atoms with van der Waals surface area (Å²) >= 11 is 0. The lowest BCUT2D eigenvalue weighted by molar-refractivity contribution is -0.141. The average molecular weight is 215 g/mol. The molecule has 2 N–H and O–H groups in total. The van der Waals surface area contributed by atoms with E-state index in [0.29, 0.717) is 5.69 Å². The van der Waals surface area contributed by atoms with Gasteiger partial charge in [0.25, 0.3) is 0 Å². The highest BCUT2D eigenvalue weighted by atomic mass is 19.4. The molecular formula is C9H8F3N3. The molecule has 6 heteroatoms. The van der Waals surface area contributed by atoms with E-state index >= 15 is 0 Å². The van der Waals surface area contributed by atoms with E-state index in [-0.39, 0.29) is 11.5 Å². The number of imidazole rings is 1. The molecule has 80 valence electrons. The van der Waals surface area contributed by atoms with Crippen molar-refractivity contribution in [2.45, 2.75) is 13.1 Å². The SMILES string of the molecule is Cc1nc2cccc(C(F)(F)F)n2c1N. The Balaban J connectivity index is 2.86. The van der Waals surface area contributed by atoms with Gasteiger partial charge in [0.2, 0.25) is 0 Å². The first-order valence-corrected chi connectivity index (χ1v) is 4.22. The van der Waals surface area contributed by atoms with E-state index in [0.717, 1.165) is 10.5 Å². The molecule has 0 saturated carbocycles. The Kier molecular flexibility index (Phi) is 1.89. The molecule has 2 aromatic heterocycles. The summed E-state index contributed by atoms with van der Waals surface area (Å²) in [6.45, 7) is 1.57. The van der Waals surface area contributed by atoms with E-state index in [1.807, 2.05) is 0 Å². The largest absolute Gasteiger partial charge is 0.431 e. The average Bonchev–Trinajstić information content (AvgIpc) is 2.41. The van der Waals surface area contributed by atoms with Gasteiger partial charge in [-0.15, -0.1) is 0 Å². The van der Waals surface area contributed by atoms with Gasteiger partial charge in [0.05, 0.1) is 5.69 Å². The van der Waals surface area contributed by atoms with E-state index in [1.54, 1.807) is 6.92 Å². The number of anilines is 1. The van der Waals surface area contributed by atoms with Crippen LogP contribution in [-0.2, 0) is 6.18 Å². The van der Waals surface area contributed by atoms with Crippen LogP contribution in [0.1, 0.15) is 11.4 Å². The molecule has 0 aromatic carbocycles. The van der Waals surface area contributed by atoms with Gasteiger partial charge >= 0.3 is 6.18 Å². The fraction of sp³-hybridized carbons (Fsp3) is 0.222. The molecule has 2 rings (SSSR count). The van der Waals surface area contributed by atoms with Gasteiger partial charge in [-0.25, -0.2) is 4.98 Å². The lowest BCUT2D eigenvalue weighted by atomic mass is 10.3. The number of pyridine rings is 1. The first kappa shape index (κ1) is 9.82. The number of fused-ring (bicyclic) bond motifs is 1. The number of hydrogen-bond donors (Lipinski definition) is 1. The van der Waals surface area contributed by atoms with Gasteiger partial charge in [-0.2, -0.15) is 13.2 Å². The summed E-state index contributed by atoms with van der Waals surface area (Å²) in [5, 5.41) is 0. The van der Waals surface area contributed by atoms with Crippen LogP contribution in [0.3, 0.4) is 0 Å². The van der Waals surface area contributed by atoms with Crippen LogP contribution in [0, 0.1) is 6.92 Å². The van der Waals surface area contributed by atoms with Crippen molar-refractivity contribution in [3.63, 3.8) is 0 Å². The Bertz CT molecular complexity index is 513. The van der Waals surface area contributed by atoms with Gasteiger partial charge in [-0.3, -0.25) is 4.40 Å². The predicted molar refractivity (Wildman–Crippen MR) is 49.3 cm³/mol. The minimum Gasteiger partial charge on any atom is -0.383 e. The molecular weight excluding hydrogens is 207 g/mol. The van der Waals surface area contributed by atoms with Gasteiger partial charge in [-0.1, -0.05) is 6.07 Å². The van der Waals surface area contributed by atoms with Crippen molar-refractivity contribution < 1.29 is 13.2 Å². The standard InChI is InChI=1S/C9H8F3N3/c1-5-8(13)15-6(9(10,11)12)3-2-4-7(15)14-5/h2-4H,13H2,1H3. The van der Waals surface area contributed by atoms with Crippen molar-refractivity contribution in [2.24, 2.45) is 0 Å². The van der Waals surface area contributed by atoms with Crippen LogP contribution in [0.4, 0.5) is 19.0 Å². The summed E-state index contributed by atoms with van der Waals surface area (Å²) in [6, 6.07) is 3.77. The highest BCUT2D eigenvalue weighted by Crippen LogP contribution is 2.31. The minimum atomic E-state index is -4.43. The fourth-order valence-electron chi connectivity index (χ4n) is 1.45. The lowest BCUT2D eigenvalue weighted by Gasteiger charge is -2.09. The van der Waals surface area contributed by atoms with Crippen LogP contribution in [0.2, 0.25) is 0 Å². The first-order chi connectivity index (χ1) is 6.91. The Morgan fingerprint density at radius 3 is 2.60 bits per heavy atom. The fourth-order valence-corrected chi connectivity index (χ4v) is 1.45. The van der Waals surface area contributed by atoms with E-state index in [2.05, 4.69) is 4.98 Å². The Hall–Kier alpha value is -1.72. The van der Waals surface area contributed by atoms with Crippen molar-refractivity contribution in [3.05, 3.63) is 29.6 Å². The Morgan fingerprint density at radius 2 is 2.00 bits per heavy atom.